The molecule has 1 saturated heterocycles. The average Bonchev–Trinajstić information content (AvgIpc) is 3.03. The van der Waals surface area contributed by atoms with Crippen LogP contribution < -0.4 is 0 Å². The van der Waals surface area contributed by atoms with Gasteiger partial charge >= 0.3 is 0 Å². The van der Waals surface area contributed by atoms with E-state index in [4.69, 9.17) is 18.9 Å². The molecule has 2 aliphatic heterocycles. The summed E-state index contributed by atoms with van der Waals surface area (Å²) in [5.41, 5.74) is 1.14. The van der Waals surface area contributed by atoms with Crippen molar-refractivity contribution < 1.29 is 18.9 Å². The van der Waals surface area contributed by atoms with Crippen molar-refractivity contribution in [3.63, 3.8) is 0 Å². The molecule has 1 aromatic carbocycles. The summed E-state index contributed by atoms with van der Waals surface area (Å²) in [6.45, 7) is 5.47. The van der Waals surface area contributed by atoms with Crippen molar-refractivity contribution in [1.82, 2.24) is 0 Å². The fourth-order valence-corrected chi connectivity index (χ4v) is 2.47. The van der Waals surface area contributed by atoms with Crippen LogP contribution in [0.15, 0.2) is 42.2 Å². The van der Waals surface area contributed by atoms with E-state index in [9.17, 15) is 0 Å². The third kappa shape index (κ3) is 3.03. The molecule has 4 nitrogen and oxygen atoms in total. The Kier molecular flexibility index (Phi) is 3.78. The van der Waals surface area contributed by atoms with Crippen molar-refractivity contribution in [3.05, 3.63) is 47.7 Å². The van der Waals surface area contributed by atoms with Gasteiger partial charge in [0.15, 0.2) is 5.79 Å². The summed E-state index contributed by atoms with van der Waals surface area (Å²) in [5, 5.41) is 0. The highest BCUT2D eigenvalue weighted by atomic mass is 16.8. The van der Waals surface area contributed by atoms with Gasteiger partial charge in [-0.25, -0.2) is 0 Å². The Hall–Kier alpha value is -1.36. The predicted octanol–water partition coefficient (Wildman–Crippen LogP) is 2.64. The van der Waals surface area contributed by atoms with Crippen LogP contribution in [-0.2, 0) is 25.6 Å². The van der Waals surface area contributed by atoms with Crippen molar-refractivity contribution in [2.45, 2.75) is 38.4 Å². The monoisotopic (exact) mass is 276 g/mol. The molecule has 4 heteroatoms. The highest BCUT2D eigenvalue weighted by Crippen LogP contribution is 2.30. The lowest BCUT2D eigenvalue weighted by atomic mass is 10.2. The van der Waals surface area contributed by atoms with E-state index < -0.39 is 5.79 Å². The first-order chi connectivity index (χ1) is 9.64. The number of rotatable bonds is 4. The second kappa shape index (κ2) is 5.56. The van der Waals surface area contributed by atoms with Gasteiger partial charge in [-0.2, -0.15) is 0 Å². The molecule has 1 aromatic rings. The summed E-state index contributed by atoms with van der Waals surface area (Å²) in [6.07, 6.45) is 1.71. The molecule has 108 valence electrons. The van der Waals surface area contributed by atoms with Crippen LogP contribution >= 0.6 is 0 Å². The topological polar surface area (TPSA) is 36.9 Å². The molecule has 0 radical (unpaired) electrons. The molecule has 0 saturated carbocycles. The number of hydrogen-bond donors (Lipinski definition) is 0. The van der Waals surface area contributed by atoms with Crippen LogP contribution in [0.3, 0.4) is 0 Å². The zero-order valence-corrected chi connectivity index (χ0v) is 11.9. The minimum Gasteiger partial charge on any atom is -0.491 e. The van der Waals surface area contributed by atoms with Crippen LogP contribution in [0.4, 0.5) is 0 Å². The summed E-state index contributed by atoms with van der Waals surface area (Å²) in [5.74, 6) is 0.307. The van der Waals surface area contributed by atoms with E-state index >= 15 is 0 Å². The van der Waals surface area contributed by atoms with Gasteiger partial charge in [0.25, 0.3) is 0 Å². The lowest BCUT2D eigenvalue weighted by molar-refractivity contribution is -0.153. The third-order valence-corrected chi connectivity index (χ3v) is 3.46. The largest absolute Gasteiger partial charge is 0.491 e. The highest BCUT2D eigenvalue weighted by molar-refractivity contribution is 5.15. The zero-order chi connectivity index (χ0) is 14.0. The van der Waals surface area contributed by atoms with Crippen molar-refractivity contribution >= 4 is 0 Å². The molecule has 0 bridgehead atoms. The maximum atomic E-state index is 5.88. The van der Waals surface area contributed by atoms with Crippen molar-refractivity contribution in [1.29, 1.82) is 0 Å². The second-order valence-electron chi connectivity index (χ2n) is 5.50. The lowest BCUT2D eigenvalue weighted by Gasteiger charge is -2.22. The third-order valence-electron chi connectivity index (χ3n) is 3.46. The van der Waals surface area contributed by atoms with Gasteiger partial charge in [0, 0.05) is 0 Å². The first-order valence-electron chi connectivity index (χ1n) is 6.94. The molecule has 20 heavy (non-hydrogen) atoms. The zero-order valence-electron chi connectivity index (χ0n) is 11.9. The van der Waals surface area contributed by atoms with Crippen LogP contribution in [0.2, 0.25) is 0 Å². The van der Waals surface area contributed by atoms with Crippen LogP contribution in [-0.4, -0.2) is 31.2 Å². The number of ether oxygens (including phenoxy) is 4. The van der Waals surface area contributed by atoms with Gasteiger partial charge in [-0.1, -0.05) is 30.3 Å². The second-order valence-corrected chi connectivity index (χ2v) is 5.50. The Bertz CT molecular complexity index is 481. The summed E-state index contributed by atoms with van der Waals surface area (Å²) < 4.78 is 23.0. The molecule has 2 heterocycles. The van der Waals surface area contributed by atoms with E-state index in [-0.39, 0.29) is 12.2 Å². The van der Waals surface area contributed by atoms with Crippen LogP contribution in [0.1, 0.15) is 19.4 Å². The number of benzene rings is 1. The van der Waals surface area contributed by atoms with Crippen LogP contribution in [0.5, 0.6) is 0 Å². The molecule has 0 spiro atoms. The minimum atomic E-state index is -0.541. The summed E-state index contributed by atoms with van der Waals surface area (Å²) >= 11 is 0. The molecule has 3 rings (SSSR count). The average molecular weight is 276 g/mol. The minimum absolute atomic E-state index is 0.102. The molecule has 2 atom stereocenters. The fourth-order valence-electron chi connectivity index (χ4n) is 2.47. The van der Waals surface area contributed by atoms with Gasteiger partial charge in [-0.05, 0) is 25.5 Å². The van der Waals surface area contributed by atoms with E-state index in [1.807, 2.05) is 50.3 Å². The van der Waals surface area contributed by atoms with Crippen molar-refractivity contribution in [2.24, 2.45) is 0 Å². The molecule has 0 amide bonds. The van der Waals surface area contributed by atoms with E-state index in [2.05, 4.69) is 0 Å². The van der Waals surface area contributed by atoms with Gasteiger partial charge in [-0.3, -0.25) is 0 Å². The van der Waals surface area contributed by atoms with Gasteiger partial charge in [0.2, 0.25) is 0 Å². The molecular weight excluding hydrogens is 256 g/mol. The fraction of sp³-hybridized carbons (Fsp3) is 0.500. The standard InChI is InChI=1S/C16H20O4/c1-16(2)19-11-14(20-16)15-13(8-9-17-15)18-10-12-6-4-3-5-7-12/h3-8,14-15H,9-11H2,1-2H3/t14-,15+/m0/s1. The first-order valence-corrected chi connectivity index (χ1v) is 6.94. The van der Waals surface area contributed by atoms with Gasteiger partial charge in [-0.15, -0.1) is 0 Å². The Labute approximate surface area is 119 Å². The van der Waals surface area contributed by atoms with Crippen molar-refractivity contribution in [3.8, 4) is 0 Å². The SMILES string of the molecule is CC1(C)OC[C@@H]([C@@H]2OCC=C2OCc2ccccc2)O1. The van der Waals surface area contributed by atoms with Crippen molar-refractivity contribution in [2.75, 3.05) is 13.2 Å². The molecule has 1 fully saturated rings. The van der Waals surface area contributed by atoms with E-state index in [1.54, 1.807) is 0 Å². The molecule has 2 aliphatic rings. The predicted molar refractivity (Wildman–Crippen MR) is 74.0 cm³/mol. The normalized spacial score (nSPS) is 28.4. The van der Waals surface area contributed by atoms with Gasteiger partial charge < -0.3 is 18.9 Å². The van der Waals surface area contributed by atoms with Crippen LogP contribution in [0, 0.1) is 0 Å². The molecule has 0 aliphatic carbocycles. The Morgan fingerprint density at radius 1 is 1.25 bits per heavy atom. The lowest BCUT2D eigenvalue weighted by Crippen LogP contribution is -2.32. The van der Waals surface area contributed by atoms with Gasteiger partial charge in [0.1, 0.15) is 24.6 Å². The summed E-state index contributed by atoms with van der Waals surface area (Å²) in [6, 6.07) is 10.1. The summed E-state index contributed by atoms with van der Waals surface area (Å²) in [7, 11) is 0. The molecule has 0 aromatic heterocycles. The van der Waals surface area contributed by atoms with E-state index in [0.717, 1.165) is 11.3 Å². The van der Waals surface area contributed by atoms with E-state index in [0.29, 0.717) is 19.8 Å². The van der Waals surface area contributed by atoms with Crippen LogP contribution in [0.25, 0.3) is 0 Å². The first kappa shape index (κ1) is 13.6. The molecular formula is C16H20O4. The summed E-state index contributed by atoms with van der Waals surface area (Å²) in [4.78, 5) is 0. The maximum absolute atomic E-state index is 5.88. The Morgan fingerprint density at radius 3 is 2.75 bits per heavy atom. The smallest absolute Gasteiger partial charge is 0.163 e. The molecule has 0 N–H and O–H groups in total. The molecule has 0 unspecified atom stereocenters. The quantitative estimate of drug-likeness (QED) is 0.847. The Morgan fingerprint density at radius 2 is 2.05 bits per heavy atom. The Balaban J connectivity index is 1.59. The van der Waals surface area contributed by atoms with E-state index in [1.165, 1.54) is 0 Å². The maximum Gasteiger partial charge on any atom is 0.163 e. The van der Waals surface area contributed by atoms with Gasteiger partial charge in [0.05, 0.1) is 13.2 Å². The number of hydrogen-bond acceptors (Lipinski definition) is 4. The highest BCUT2D eigenvalue weighted by Gasteiger charge is 2.41.